The predicted molar refractivity (Wildman–Crippen MR) is 71.1 cm³/mol. The van der Waals surface area contributed by atoms with Crippen LogP contribution < -0.4 is 0 Å². The summed E-state index contributed by atoms with van der Waals surface area (Å²) in [5, 5.41) is 0.775. The molecule has 1 unspecified atom stereocenters. The maximum atomic E-state index is 5.96. The van der Waals surface area contributed by atoms with Crippen LogP contribution in [0.25, 0.3) is 0 Å². The van der Waals surface area contributed by atoms with Crippen molar-refractivity contribution in [3.63, 3.8) is 0 Å². The molecule has 2 rings (SSSR count). The molecule has 82 valence electrons. The lowest BCUT2D eigenvalue weighted by Crippen LogP contribution is -1.95. The van der Waals surface area contributed by atoms with Crippen LogP contribution >= 0.6 is 27.5 Å². The first-order chi connectivity index (χ1) is 7.75. The molecule has 0 N–H and O–H groups in total. The number of hydrogen-bond donors (Lipinski definition) is 0. The van der Waals surface area contributed by atoms with E-state index in [2.05, 4.69) is 27.0 Å². The average Bonchev–Trinajstić information content (AvgIpc) is 2.30. The summed E-state index contributed by atoms with van der Waals surface area (Å²) in [5.74, 6) is 0. The quantitative estimate of drug-likeness (QED) is 0.764. The van der Waals surface area contributed by atoms with Crippen LogP contribution in [0.5, 0.6) is 0 Å². The van der Waals surface area contributed by atoms with Crippen LogP contribution in [0, 0.1) is 0 Å². The summed E-state index contributed by atoms with van der Waals surface area (Å²) in [5.41, 5.74) is 2.46. The molecule has 1 aromatic carbocycles. The normalized spacial score (nSPS) is 12.4. The molecule has 0 spiro atoms. The highest BCUT2D eigenvalue weighted by atomic mass is 79.9. The summed E-state index contributed by atoms with van der Waals surface area (Å²) in [6.07, 6.45) is 4.56. The van der Waals surface area contributed by atoms with Crippen LogP contribution in [0.3, 0.4) is 0 Å². The Morgan fingerprint density at radius 1 is 1.19 bits per heavy atom. The number of alkyl halides is 1. The van der Waals surface area contributed by atoms with Crippen molar-refractivity contribution in [2.24, 2.45) is 0 Å². The number of benzene rings is 1. The Labute approximate surface area is 109 Å². The molecule has 0 radical (unpaired) electrons. The summed E-state index contributed by atoms with van der Waals surface area (Å²) in [4.78, 5) is 4.29. The Morgan fingerprint density at radius 2 is 1.94 bits per heavy atom. The number of aromatic nitrogens is 1. The zero-order chi connectivity index (χ0) is 11.4. The van der Waals surface area contributed by atoms with Gasteiger partial charge in [-0.1, -0.05) is 39.7 Å². The van der Waals surface area contributed by atoms with Gasteiger partial charge in [-0.15, -0.1) is 0 Å². The lowest BCUT2D eigenvalue weighted by Gasteiger charge is -2.10. The first-order valence-corrected chi connectivity index (χ1v) is 6.33. The zero-order valence-electron chi connectivity index (χ0n) is 8.61. The SMILES string of the molecule is Clc1cccc(C(Br)Cc2ccncc2)c1. The number of rotatable bonds is 3. The second kappa shape index (κ2) is 5.46. The van der Waals surface area contributed by atoms with Gasteiger partial charge in [0.2, 0.25) is 0 Å². The van der Waals surface area contributed by atoms with Gasteiger partial charge in [-0.3, -0.25) is 4.98 Å². The molecule has 3 heteroatoms. The molecule has 1 heterocycles. The van der Waals surface area contributed by atoms with E-state index in [0.29, 0.717) is 0 Å². The van der Waals surface area contributed by atoms with Crippen molar-refractivity contribution in [2.75, 3.05) is 0 Å². The van der Waals surface area contributed by atoms with Crippen LogP contribution in [0.4, 0.5) is 0 Å². The van der Waals surface area contributed by atoms with E-state index in [4.69, 9.17) is 11.6 Å². The number of hydrogen-bond acceptors (Lipinski definition) is 1. The molecule has 1 atom stereocenters. The Kier molecular flexibility index (Phi) is 3.97. The maximum absolute atomic E-state index is 5.96. The Morgan fingerprint density at radius 3 is 2.62 bits per heavy atom. The molecular weight excluding hydrogens is 286 g/mol. The minimum absolute atomic E-state index is 0.286. The van der Waals surface area contributed by atoms with Gasteiger partial charge in [-0.05, 0) is 41.8 Å². The number of nitrogens with zero attached hydrogens (tertiary/aromatic N) is 1. The molecule has 16 heavy (non-hydrogen) atoms. The fourth-order valence-electron chi connectivity index (χ4n) is 1.55. The molecule has 0 aliphatic rings. The fraction of sp³-hybridized carbons (Fsp3) is 0.154. The number of pyridine rings is 1. The molecular formula is C13H11BrClN. The van der Waals surface area contributed by atoms with Gasteiger partial charge in [-0.2, -0.15) is 0 Å². The standard InChI is InChI=1S/C13H11BrClN/c14-13(8-10-4-6-16-7-5-10)11-2-1-3-12(15)9-11/h1-7,9,13H,8H2. The third kappa shape index (κ3) is 3.06. The van der Waals surface area contributed by atoms with Gasteiger partial charge in [0.15, 0.2) is 0 Å². The molecule has 0 amide bonds. The van der Waals surface area contributed by atoms with E-state index in [9.17, 15) is 0 Å². The number of halogens is 2. The van der Waals surface area contributed by atoms with Gasteiger partial charge in [0.1, 0.15) is 0 Å². The predicted octanol–water partition coefficient (Wildman–Crippen LogP) is 4.41. The first-order valence-electron chi connectivity index (χ1n) is 5.04. The maximum Gasteiger partial charge on any atom is 0.0436 e. The highest BCUT2D eigenvalue weighted by molar-refractivity contribution is 9.09. The van der Waals surface area contributed by atoms with Gasteiger partial charge in [0.25, 0.3) is 0 Å². The molecule has 0 aliphatic heterocycles. The zero-order valence-corrected chi connectivity index (χ0v) is 10.9. The van der Waals surface area contributed by atoms with E-state index in [1.165, 1.54) is 11.1 Å². The summed E-state index contributed by atoms with van der Waals surface area (Å²) in [6.45, 7) is 0. The Bertz CT molecular complexity index is 458. The van der Waals surface area contributed by atoms with Crippen LogP contribution in [0.2, 0.25) is 5.02 Å². The van der Waals surface area contributed by atoms with Gasteiger partial charge in [0, 0.05) is 22.2 Å². The van der Waals surface area contributed by atoms with E-state index in [-0.39, 0.29) is 4.83 Å². The van der Waals surface area contributed by atoms with Crippen molar-refractivity contribution in [3.05, 3.63) is 64.9 Å². The molecule has 0 saturated carbocycles. The van der Waals surface area contributed by atoms with Crippen molar-refractivity contribution in [1.29, 1.82) is 0 Å². The van der Waals surface area contributed by atoms with Gasteiger partial charge < -0.3 is 0 Å². The minimum atomic E-state index is 0.286. The first kappa shape index (κ1) is 11.6. The van der Waals surface area contributed by atoms with E-state index < -0.39 is 0 Å². The highest BCUT2D eigenvalue weighted by Gasteiger charge is 2.08. The van der Waals surface area contributed by atoms with Gasteiger partial charge in [-0.25, -0.2) is 0 Å². The van der Waals surface area contributed by atoms with Crippen molar-refractivity contribution in [3.8, 4) is 0 Å². The topological polar surface area (TPSA) is 12.9 Å². The average molecular weight is 297 g/mol. The lowest BCUT2D eigenvalue weighted by molar-refractivity contribution is 0.944. The van der Waals surface area contributed by atoms with Crippen molar-refractivity contribution < 1.29 is 0 Å². The third-order valence-corrected chi connectivity index (χ3v) is 3.46. The van der Waals surface area contributed by atoms with E-state index in [1.54, 1.807) is 0 Å². The summed E-state index contributed by atoms with van der Waals surface area (Å²) < 4.78 is 0. The van der Waals surface area contributed by atoms with Gasteiger partial charge in [0.05, 0.1) is 0 Å². The monoisotopic (exact) mass is 295 g/mol. The molecule has 2 aromatic rings. The van der Waals surface area contributed by atoms with Gasteiger partial charge >= 0.3 is 0 Å². The van der Waals surface area contributed by atoms with Crippen LogP contribution in [0.1, 0.15) is 16.0 Å². The third-order valence-electron chi connectivity index (χ3n) is 2.37. The molecule has 0 fully saturated rings. The van der Waals surface area contributed by atoms with Crippen LogP contribution in [-0.2, 0) is 6.42 Å². The Hall–Kier alpha value is -0.860. The molecule has 1 aromatic heterocycles. The van der Waals surface area contributed by atoms with E-state index in [0.717, 1.165) is 11.4 Å². The molecule has 1 nitrogen and oxygen atoms in total. The van der Waals surface area contributed by atoms with Crippen LogP contribution in [0.15, 0.2) is 48.8 Å². The van der Waals surface area contributed by atoms with Crippen molar-refractivity contribution >= 4 is 27.5 Å². The molecule has 0 saturated heterocycles. The lowest BCUT2D eigenvalue weighted by atomic mass is 10.1. The summed E-state index contributed by atoms with van der Waals surface area (Å²) in [7, 11) is 0. The summed E-state index contributed by atoms with van der Waals surface area (Å²) >= 11 is 9.64. The fourth-order valence-corrected chi connectivity index (χ4v) is 2.40. The molecule has 0 bridgehead atoms. The second-order valence-electron chi connectivity index (χ2n) is 3.58. The minimum Gasteiger partial charge on any atom is -0.265 e. The Balaban J connectivity index is 2.12. The smallest absolute Gasteiger partial charge is 0.0436 e. The molecule has 0 aliphatic carbocycles. The van der Waals surface area contributed by atoms with Crippen molar-refractivity contribution in [1.82, 2.24) is 4.98 Å². The largest absolute Gasteiger partial charge is 0.265 e. The van der Waals surface area contributed by atoms with Crippen LogP contribution in [-0.4, -0.2) is 4.98 Å². The second-order valence-corrected chi connectivity index (χ2v) is 5.12. The van der Waals surface area contributed by atoms with E-state index in [1.807, 2.05) is 42.7 Å². The van der Waals surface area contributed by atoms with Crippen molar-refractivity contribution in [2.45, 2.75) is 11.2 Å². The summed E-state index contributed by atoms with van der Waals surface area (Å²) in [6, 6.07) is 12.0. The highest BCUT2D eigenvalue weighted by Crippen LogP contribution is 2.28. The van der Waals surface area contributed by atoms with E-state index >= 15 is 0 Å².